The summed E-state index contributed by atoms with van der Waals surface area (Å²) in [4.78, 5) is 4.65. The average Bonchev–Trinajstić information content (AvgIpc) is 3.02. The van der Waals surface area contributed by atoms with Crippen LogP contribution in [-0.4, -0.2) is 11.0 Å². The Labute approximate surface area is 110 Å². The van der Waals surface area contributed by atoms with Crippen LogP contribution in [0.1, 0.15) is 25.7 Å². The molecular weight excluding hydrogens is 242 g/mol. The number of nitrogen functional groups attached to an aromatic ring is 1. The Hall–Kier alpha value is -1.29. The standard InChI is InChI=1S/C14H17N3S/c15-10-3-4-11-13(7-10)18-14(16-11)17-12-6-8-1-2-9(12)5-8/h3-4,7-9,12H,1-2,5-6,15H2,(H,16,17). The molecule has 94 valence electrons. The van der Waals surface area contributed by atoms with Gasteiger partial charge >= 0.3 is 0 Å². The molecule has 0 radical (unpaired) electrons. The largest absolute Gasteiger partial charge is 0.399 e. The molecule has 3 N–H and O–H groups in total. The molecule has 0 spiro atoms. The minimum Gasteiger partial charge on any atom is -0.399 e. The molecule has 2 bridgehead atoms. The molecule has 1 aromatic carbocycles. The second-order valence-corrected chi connectivity index (χ2v) is 6.70. The SMILES string of the molecule is Nc1ccc2nc(NC3CC4CCC3C4)sc2c1. The third kappa shape index (κ3) is 1.67. The van der Waals surface area contributed by atoms with Crippen molar-refractivity contribution in [3.63, 3.8) is 0 Å². The normalized spacial score (nSPS) is 30.1. The fourth-order valence-electron chi connectivity index (χ4n) is 3.58. The number of anilines is 2. The van der Waals surface area contributed by atoms with Crippen LogP contribution >= 0.6 is 11.3 Å². The zero-order valence-electron chi connectivity index (χ0n) is 10.2. The highest BCUT2D eigenvalue weighted by Crippen LogP contribution is 2.46. The molecule has 18 heavy (non-hydrogen) atoms. The van der Waals surface area contributed by atoms with Crippen molar-refractivity contribution >= 4 is 32.4 Å². The van der Waals surface area contributed by atoms with Gasteiger partial charge in [0.15, 0.2) is 5.13 Å². The van der Waals surface area contributed by atoms with Crippen molar-refractivity contribution in [1.29, 1.82) is 0 Å². The summed E-state index contributed by atoms with van der Waals surface area (Å²) >= 11 is 1.72. The number of benzene rings is 1. The van der Waals surface area contributed by atoms with Gasteiger partial charge in [-0.2, -0.15) is 0 Å². The number of hydrogen-bond donors (Lipinski definition) is 2. The van der Waals surface area contributed by atoms with Crippen LogP contribution in [0, 0.1) is 11.8 Å². The lowest BCUT2D eigenvalue weighted by Crippen LogP contribution is -2.25. The van der Waals surface area contributed by atoms with Crippen LogP contribution in [0.4, 0.5) is 10.8 Å². The van der Waals surface area contributed by atoms with Crippen LogP contribution in [0.3, 0.4) is 0 Å². The molecule has 0 saturated heterocycles. The molecule has 2 saturated carbocycles. The first-order valence-corrected chi connectivity index (χ1v) is 7.52. The van der Waals surface area contributed by atoms with Crippen LogP contribution in [0.15, 0.2) is 18.2 Å². The summed E-state index contributed by atoms with van der Waals surface area (Å²) in [6, 6.07) is 6.59. The molecule has 1 aromatic heterocycles. The number of thiazole rings is 1. The average molecular weight is 259 g/mol. The van der Waals surface area contributed by atoms with Gasteiger partial charge in [-0.1, -0.05) is 17.8 Å². The Morgan fingerprint density at radius 1 is 1.28 bits per heavy atom. The van der Waals surface area contributed by atoms with Gasteiger partial charge in [0.1, 0.15) is 0 Å². The Kier molecular flexibility index (Phi) is 2.27. The van der Waals surface area contributed by atoms with Crippen molar-refractivity contribution in [3.8, 4) is 0 Å². The summed E-state index contributed by atoms with van der Waals surface area (Å²) in [5.41, 5.74) is 7.68. The second kappa shape index (κ2) is 3.85. The van der Waals surface area contributed by atoms with E-state index >= 15 is 0 Å². The Morgan fingerprint density at radius 2 is 2.22 bits per heavy atom. The van der Waals surface area contributed by atoms with E-state index < -0.39 is 0 Å². The third-order valence-corrected chi connectivity index (χ3v) is 5.41. The second-order valence-electron chi connectivity index (χ2n) is 5.67. The van der Waals surface area contributed by atoms with Crippen molar-refractivity contribution in [2.45, 2.75) is 31.7 Å². The molecule has 4 heteroatoms. The number of nitrogens with one attached hydrogen (secondary N) is 1. The summed E-state index contributed by atoms with van der Waals surface area (Å²) < 4.78 is 1.18. The predicted molar refractivity (Wildman–Crippen MR) is 76.9 cm³/mol. The molecular formula is C14H17N3S. The summed E-state index contributed by atoms with van der Waals surface area (Å²) in [7, 11) is 0. The minimum absolute atomic E-state index is 0.654. The van der Waals surface area contributed by atoms with E-state index in [2.05, 4.69) is 10.3 Å². The number of aromatic nitrogens is 1. The molecule has 1 heterocycles. The maximum atomic E-state index is 5.80. The first kappa shape index (κ1) is 10.6. The van der Waals surface area contributed by atoms with Gasteiger partial charge in [0.2, 0.25) is 0 Å². The molecule has 3 atom stereocenters. The van der Waals surface area contributed by atoms with Gasteiger partial charge in [0, 0.05) is 11.7 Å². The van der Waals surface area contributed by atoms with Crippen LogP contribution in [0.5, 0.6) is 0 Å². The molecule has 4 rings (SSSR count). The van der Waals surface area contributed by atoms with Crippen molar-refractivity contribution in [2.75, 3.05) is 11.1 Å². The number of rotatable bonds is 2. The van der Waals surface area contributed by atoms with Crippen LogP contribution < -0.4 is 11.1 Å². The van der Waals surface area contributed by atoms with E-state index in [4.69, 9.17) is 5.73 Å². The fraction of sp³-hybridized carbons (Fsp3) is 0.500. The number of nitrogens with two attached hydrogens (primary N) is 1. The minimum atomic E-state index is 0.654. The first-order chi connectivity index (χ1) is 8.78. The van der Waals surface area contributed by atoms with E-state index in [-0.39, 0.29) is 0 Å². The maximum Gasteiger partial charge on any atom is 0.184 e. The lowest BCUT2D eigenvalue weighted by molar-refractivity contribution is 0.439. The third-order valence-electron chi connectivity index (χ3n) is 4.46. The molecule has 2 aliphatic rings. The van der Waals surface area contributed by atoms with Crippen LogP contribution in [0.25, 0.3) is 10.2 Å². The van der Waals surface area contributed by atoms with E-state index in [1.165, 1.54) is 30.4 Å². The quantitative estimate of drug-likeness (QED) is 0.812. The monoisotopic (exact) mass is 259 g/mol. The van der Waals surface area contributed by atoms with Gasteiger partial charge in [-0.25, -0.2) is 4.98 Å². The van der Waals surface area contributed by atoms with Crippen LogP contribution in [-0.2, 0) is 0 Å². The van der Waals surface area contributed by atoms with Crippen molar-refractivity contribution in [2.24, 2.45) is 11.8 Å². The number of nitrogens with zero attached hydrogens (tertiary/aromatic N) is 1. The number of fused-ring (bicyclic) bond motifs is 3. The summed E-state index contributed by atoms with van der Waals surface area (Å²) in [5.74, 6) is 1.85. The molecule has 2 aliphatic carbocycles. The predicted octanol–water partition coefficient (Wildman–Crippen LogP) is 3.48. The molecule has 0 aliphatic heterocycles. The molecule has 3 nitrogen and oxygen atoms in total. The maximum absolute atomic E-state index is 5.80. The zero-order valence-corrected chi connectivity index (χ0v) is 11.0. The van der Waals surface area contributed by atoms with E-state index in [9.17, 15) is 0 Å². The molecule has 0 amide bonds. The topological polar surface area (TPSA) is 50.9 Å². The Bertz CT molecular complexity index is 592. The highest BCUT2D eigenvalue weighted by molar-refractivity contribution is 7.22. The summed E-state index contributed by atoms with van der Waals surface area (Å²) in [6.07, 6.45) is 5.61. The summed E-state index contributed by atoms with van der Waals surface area (Å²) in [6.45, 7) is 0. The Morgan fingerprint density at radius 3 is 3.00 bits per heavy atom. The lowest BCUT2D eigenvalue weighted by atomic mass is 9.96. The molecule has 2 aromatic rings. The highest BCUT2D eigenvalue weighted by atomic mass is 32.1. The van der Waals surface area contributed by atoms with E-state index in [0.29, 0.717) is 6.04 Å². The van der Waals surface area contributed by atoms with Crippen molar-refractivity contribution < 1.29 is 0 Å². The summed E-state index contributed by atoms with van der Waals surface area (Å²) in [5, 5.41) is 4.71. The van der Waals surface area contributed by atoms with Gasteiger partial charge in [-0.15, -0.1) is 0 Å². The first-order valence-electron chi connectivity index (χ1n) is 6.70. The van der Waals surface area contributed by atoms with Gasteiger partial charge in [-0.05, 0) is 49.3 Å². The Balaban J connectivity index is 1.59. The van der Waals surface area contributed by atoms with Gasteiger partial charge in [0.25, 0.3) is 0 Å². The molecule has 3 unspecified atom stereocenters. The lowest BCUT2D eigenvalue weighted by Gasteiger charge is -2.22. The van der Waals surface area contributed by atoms with Crippen molar-refractivity contribution in [3.05, 3.63) is 18.2 Å². The van der Waals surface area contributed by atoms with Crippen molar-refractivity contribution in [1.82, 2.24) is 4.98 Å². The van der Waals surface area contributed by atoms with Gasteiger partial charge in [-0.3, -0.25) is 0 Å². The van der Waals surface area contributed by atoms with E-state index in [0.717, 1.165) is 28.2 Å². The fourth-order valence-corrected chi connectivity index (χ4v) is 4.56. The van der Waals surface area contributed by atoms with Gasteiger partial charge < -0.3 is 11.1 Å². The highest BCUT2D eigenvalue weighted by Gasteiger charge is 2.39. The number of hydrogen-bond acceptors (Lipinski definition) is 4. The molecule has 2 fully saturated rings. The smallest absolute Gasteiger partial charge is 0.184 e. The zero-order chi connectivity index (χ0) is 12.1. The van der Waals surface area contributed by atoms with E-state index in [1.807, 2.05) is 18.2 Å². The van der Waals surface area contributed by atoms with E-state index in [1.54, 1.807) is 11.3 Å². The van der Waals surface area contributed by atoms with Gasteiger partial charge in [0.05, 0.1) is 10.2 Å². The van der Waals surface area contributed by atoms with Crippen LogP contribution in [0.2, 0.25) is 0 Å².